The number of aryl methyl sites for hydroxylation is 1. The summed E-state index contributed by atoms with van der Waals surface area (Å²) in [5.74, 6) is 1.65. The summed E-state index contributed by atoms with van der Waals surface area (Å²) in [5, 5.41) is 9.51. The Labute approximate surface area is 127 Å². The molecule has 0 saturated heterocycles. The average Bonchev–Trinajstić information content (AvgIpc) is 2.40. The monoisotopic (exact) mass is 284 g/mol. The first-order valence-electron chi connectivity index (χ1n) is 7.34. The molecular weight excluding hydrogens is 260 g/mol. The Morgan fingerprint density at radius 3 is 2.10 bits per heavy atom. The standard InChI is InChI=1S/C19H24O2/c1-13-12-16(19(3,4)5)8-11-18(13)21-17-9-6-15(7-10-17)14(2)20/h6-12,14,20H,1-5H3. The fourth-order valence-corrected chi connectivity index (χ4v) is 2.17. The van der Waals surface area contributed by atoms with Crippen molar-refractivity contribution in [2.75, 3.05) is 0 Å². The van der Waals surface area contributed by atoms with E-state index in [1.165, 1.54) is 5.56 Å². The van der Waals surface area contributed by atoms with Gasteiger partial charge in [-0.1, -0.05) is 45.0 Å². The zero-order valence-corrected chi connectivity index (χ0v) is 13.5. The van der Waals surface area contributed by atoms with Crippen LogP contribution in [0, 0.1) is 6.92 Å². The van der Waals surface area contributed by atoms with Crippen molar-refractivity contribution in [2.24, 2.45) is 0 Å². The summed E-state index contributed by atoms with van der Waals surface area (Å²) in [6.45, 7) is 10.4. The normalized spacial score (nSPS) is 13.0. The molecule has 21 heavy (non-hydrogen) atoms. The molecule has 1 unspecified atom stereocenters. The van der Waals surface area contributed by atoms with Gasteiger partial charge in [-0.2, -0.15) is 0 Å². The van der Waals surface area contributed by atoms with Crippen LogP contribution in [0.15, 0.2) is 42.5 Å². The molecule has 2 aromatic rings. The highest BCUT2D eigenvalue weighted by atomic mass is 16.5. The molecule has 0 fully saturated rings. The summed E-state index contributed by atoms with van der Waals surface area (Å²) in [6, 6.07) is 13.9. The Bertz CT molecular complexity index is 604. The molecule has 0 aliphatic carbocycles. The summed E-state index contributed by atoms with van der Waals surface area (Å²) in [6.07, 6.45) is -0.452. The number of rotatable bonds is 3. The molecule has 2 aromatic carbocycles. The SMILES string of the molecule is Cc1cc(C(C)(C)C)ccc1Oc1ccc(C(C)O)cc1. The molecule has 0 aromatic heterocycles. The van der Waals surface area contributed by atoms with Crippen molar-refractivity contribution in [3.63, 3.8) is 0 Å². The molecule has 1 atom stereocenters. The fraction of sp³-hybridized carbons (Fsp3) is 0.368. The van der Waals surface area contributed by atoms with Crippen molar-refractivity contribution in [3.05, 3.63) is 59.2 Å². The van der Waals surface area contributed by atoms with E-state index in [1.54, 1.807) is 6.92 Å². The van der Waals surface area contributed by atoms with Crippen LogP contribution in [0.2, 0.25) is 0 Å². The minimum Gasteiger partial charge on any atom is -0.457 e. The van der Waals surface area contributed by atoms with E-state index in [0.717, 1.165) is 22.6 Å². The molecule has 0 amide bonds. The summed E-state index contributed by atoms with van der Waals surface area (Å²) in [5.41, 5.74) is 3.46. The lowest BCUT2D eigenvalue weighted by atomic mass is 9.86. The van der Waals surface area contributed by atoms with Crippen LogP contribution in [-0.2, 0) is 5.41 Å². The van der Waals surface area contributed by atoms with Crippen LogP contribution < -0.4 is 4.74 Å². The van der Waals surface area contributed by atoms with Crippen molar-refractivity contribution >= 4 is 0 Å². The van der Waals surface area contributed by atoms with Gasteiger partial charge in [0, 0.05) is 0 Å². The maximum atomic E-state index is 9.51. The van der Waals surface area contributed by atoms with Crippen molar-refractivity contribution in [1.82, 2.24) is 0 Å². The van der Waals surface area contributed by atoms with Gasteiger partial charge in [0.1, 0.15) is 11.5 Å². The quantitative estimate of drug-likeness (QED) is 0.845. The van der Waals surface area contributed by atoms with E-state index in [-0.39, 0.29) is 5.41 Å². The molecule has 1 N–H and O–H groups in total. The Balaban J connectivity index is 2.20. The molecule has 2 nitrogen and oxygen atoms in total. The van der Waals surface area contributed by atoms with Crippen molar-refractivity contribution in [2.45, 2.75) is 46.1 Å². The Kier molecular flexibility index (Phi) is 4.38. The van der Waals surface area contributed by atoms with Crippen LogP contribution in [0.1, 0.15) is 50.5 Å². The van der Waals surface area contributed by atoms with E-state index >= 15 is 0 Å². The van der Waals surface area contributed by atoms with E-state index < -0.39 is 6.10 Å². The minimum atomic E-state index is -0.452. The van der Waals surface area contributed by atoms with Crippen LogP contribution >= 0.6 is 0 Å². The predicted octanol–water partition coefficient (Wildman–Crippen LogP) is 5.14. The van der Waals surface area contributed by atoms with E-state index in [1.807, 2.05) is 30.3 Å². The zero-order chi connectivity index (χ0) is 15.6. The maximum Gasteiger partial charge on any atom is 0.130 e. The van der Waals surface area contributed by atoms with Gasteiger partial charge >= 0.3 is 0 Å². The fourth-order valence-electron chi connectivity index (χ4n) is 2.17. The van der Waals surface area contributed by atoms with Gasteiger partial charge in [-0.3, -0.25) is 0 Å². The van der Waals surface area contributed by atoms with Gasteiger partial charge in [-0.25, -0.2) is 0 Å². The molecule has 0 saturated carbocycles. The topological polar surface area (TPSA) is 29.5 Å². The van der Waals surface area contributed by atoms with Crippen LogP contribution in [-0.4, -0.2) is 5.11 Å². The number of benzene rings is 2. The number of hydrogen-bond acceptors (Lipinski definition) is 2. The Hall–Kier alpha value is -1.80. The molecule has 0 aliphatic rings. The maximum absolute atomic E-state index is 9.51. The second-order valence-electron chi connectivity index (χ2n) is 6.58. The molecule has 0 aliphatic heterocycles. The van der Waals surface area contributed by atoms with Gasteiger partial charge in [-0.05, 0) is 54.2 Å². The summed E-state index contributed by atoms with van der Waals surface area (Å²) >= 11 is 0. The molecule has 0 heterocycles. The number of hydrogen-bond donors (Lipinski definition) is 1. The molecule has 0 spiro atoms. The molecular formula is C19H24O2. The van der Waals surface area contributed by atoms with Crippen LogP contribution in [0.3, 0.4) is 0 Å². The van der Waals surface area contributed by atoms with E-state index in [0.29, 0.717) is 0 Å². The summed E-state index contributed by atoms with van der Waals surface area (Å²) < 4.78 is 5.93. The highest BCUT2D eigenvalue weighted by Crippen LogP contribution is 2.30. The van der Waals surface area contributed by atoms with Crippen LogP contribution in [0.5, 0.6) is 11.5 Å². The third-order valence-electron chi connectivity index (χ3n) is 3.63. The lowest BCUT2D eigenvalue weighted by Gasteiger charge is -2.20. The van der Waals surface area contributed by atoms with Crippen molar-refractivity contribution in [1.29, 1.82) is 0 Å². The van der Waals surface area contributed by atoms with Gasteiger partial charge in [0.05, 0.1) is 6.10 Å². The van der Waals surface area contributed by atoms with Crippen molar-refractivity contribution < 1.29 is 9.84 Å². The predicted molar refractivity (Wildman–Crippen MR) is 87.0 cm³/mol. The summed E-state index contributed by atoms with van der Waals surface area (Å²) in [4.78, 5) is 0. The molecule has 0 bridgehead atoms. The highest BCUT2D eigenvalue weighted by molar-refractivity contribution is 5.42. The van der Waals surface area contributed by atoms with Crippen LogP contribution in [0.25, 0.3) is 0 Å². The van der Waals surface area contributed by atoms with Gasteiger partial charge in [0.2, 0.25) is 0 Å². The summed E-state index contributed by atoms with van der Waals surface area (Å²) in [7, 11) is 0. The lowest BCUT2D eigenvalue weighted by molar-refractivity contribution is 0.199. The van der Waals surface area contributed by atoms with E-state index in [2.05, 4.69) is 39.8 Å². The Morgan fingerprint density at radius 1 is 1.00 bits per heavy atom. The zero-order valence-electron chi connectivity index (χ0n) is 13.5. The minimum absolute atomic E-state index is 0.141. The first kappa shape index (κ1) is 15.6. The van der Waals surface area contributed by atoms with Gasteiger partial charge in [0.25, 0.3) is 0 Å². The third kappa shape index (κ3) is 3.85. The van der Waals surface area contributed by atoms with Gasteiger partial charge < -0.3 is 9.84 Å². The van der Waals surface area contributed by atoms with Crippen molar-refractivity contribution in [3.8, 4) is 11.5 Å². The van der Waals surface area contributed by atoms with Gasteiger partial charge in [0.15, 0.2) is 0 Å². The largest absolute Gasteiger partial charge is 0.457 e. The molecule has 112 valence electrons. The second-order valence-corrected chi connectivity index (χ2v) is 6.58. The van der Waals surface area contributed by atoms with Crippen LogP contribution in [0.4, 0.5) is 0 Å². The first-order chi connectivity index (χ1) is 9.77. The first-order valence-corrected chi connectivity index (χ1v) is 7.34. The molecule has 2 rings (SSSR count). The smallest absolute Gasteiger partial charge is 0.130 e. The number of aliphatic hydroxyl groups is 1. The second kappa shape index (κ2) is 5.90. The van der Waals surface area contributed by atoms with Gasteiger partial charge in [-0.15, -0.1) is 0 Å². The Morgan fingerprint density at radius 2 is 1.62 bits per heavy atom. The molecule has 2 heteroatoms. The molecule has 0 radical (unpaired) electrons. The average molecular weight is 284 g/mol. The number of aliphatic hydroxyl groups excluding tert-OH is 1. The third-order valence-corrected chi connectivity index (χ3v) is 3.63. The van der Waals surface area contributed by atoms with E-state index in [9.17, 15) is 5.11 Å². The highest BCUT2D eigenvalue weighted by Gasteiger charge is 2.15. The lowest BCUT2D eigenvalue weighted by Crippen LogP contribution is -2.11. The van der Waals surface area contributed by atoms with E-state index in [4.69, 9.17) is 4.74 Å². The number of ether oxygens (including phenoxy) is 1.